The molecule has 1 aromatic heterocycles. The van der Waals surface area contributed by atoms with Crippen molar-refractivity contribution < 1.29 is 22.7 Å². The standard InChI is InChI=1S/C23H17F3N2O2S/c1-30-18-10-11-20-19(13-18)27-22(31-20)28(14-15-6-3-2-4-7-15)21(29)16-8-5-9-17(12-16)23(24,25)26/h2-13H,14H2,1H3. The second-order valence-corrected chi connectivity index (χ2v) is 7.79. The quantitative estimate of drug-likeness (QED) is 0.371. The van der Waals surface area contributed by atoms with Gasteiger partial charge in [-0.05, 0) is 35.9 Å². The molecule has 0 saturated heterocycles. The van der Waals surface area contributed by atoms with E-state index in [2.05, 4.69) is 4.98 Å². The molecule has 158 valence electrons. The molecule has 0 fully saturated rings. The first kappa shape index (κ1) is 20.9. The summed E-state index contributed by atoms with van der Waals surface area (Å²) in [5.41, 5.74) is 0.559. The van der Waals surface area contributed by atoms with E-state index in [4.69, 9.17) is 4.74 Å². The van der Waals surface area contributed by atoms with Crippen LogP contribution in [0.3, 0.4) is 0 Å². The van der Waals surface area contributed by atoms with Crippen LogP contribution in [0.25, 0.3) is 10.2 Å². The molecule has 0 unspecified atom stereocenters. The van der Waals surface area contributed by atoms with Crippen molar-refractivity contribution in [3.63, 3.8) is 0 Å². The van der Waals surface area contributed by atoms with Crippen molar-refractivity contribution in [3.05, 3.63) is 89.5 Å². The zero-order valence-electron chi connectivity index (χ0n) is 16.4. The van der Waals surface area contributed by atoms with Gasteiger partial charge in [0.25, 0.3) is 5.91 Å². The van der Waals surface area contributed by atoms with Crippen LogP contribution in [-0.4, -0.2) is 18.0 Å². The molecule has 8 heteroatoms. The van der Waals surface area contributed by atoms with E-state index in [1.54, 1.807) is 19.2 Å². The van der Waals surface area contributed by atoms with E-state index < -0.39 is 17.6 Å². The molecule has 0 aliphatic carbocycles. The van der Waals surface area contributed by atoms with Gasteiger partial charge >= 0.3 is 6.18 Å². The van der Waals surface area contributed by atoms with Gasteiger partial charge < -0.3 is 4.74 Å². The SMILES string of the molecule is COc1ccc2sc(N(Cc3ccccc3)C(=O)c3cccc(C(F)(F)F)c3)nc2c1. The van der Waals surface area contributed by atoms with Gasteiger partial charge in [-0.25, -0.2) is 4.98 Å². The molecule has 4 rings (SSSR count). The van der Waals surface area contributed by atoms with Crippen LogP contribution in [-0.2, 0) is 12.7 Å². The highest BCUT2D eigenvalue weighted by atomic mass is 32.1. The summed E-state index contributed by atoms with van der Waals surface area (Å²) < 4.78 is 45.6. The Balaban J connectivity index is 1.77. The highest BCUT2D eigenvalue weighted by Crippen LogP contribution is 2.34. The van der Waals surface area contributed by atoms with Crippen molar-refractivity contribution in [2.75, 3.05) is 12.0 Å². The van der Waals surface area contributed by atoms with E-state index in [1.165, 1.54) is 28.4 Å². The topological polar surface area (TPSA) is 42.4 Å². The van der Waals surface area contributed by atoms with Crippen molar-refractivity contribution >= 4 is 32.6 Å². The Kier molecular flexibility index (Phi) is 5.65. The van der Waals surface area contributed by atoms with Gasteiger partial charge in [0, 0.05) is 11.6 Å². The number of aromatic nitrogens is 1. The van der Waals surface area contributed by atoms with E-state index in [-0.39, 0.29) is 12.1 Å². The minimum Gasteiger partial charge on any atom is -0.497 e. The summed E-state index contributed by atoms with van der Waals surface area (Å²) in [6, 6.07) is 19.1. The van der Waals surface area contributed by atoms with Crippen LogP contribution in [0.1, 0.15) is 21.5 Å². The van der Waals surface area contributed by atoms with Gasteiger partial charge in [0.1, 0.15) is 5.75 Å². The van der Waals surface area contributed by atoms with Crippen LogP contribution < -0.4 is 9.64 Å². The maximum Gasteiger partial charge on any atom is 0.416 e. The molecule has 0 aliphatic rings. The lowest BCUT2D eigenvalue weighted by atomic mass is 10.1. The van der Waals surface area contributed by atoms with E-state index in [0.717, 1.165) is 22.4 Å². The minimum atomic E-state index is -4.53. The second-order valence-electron chi connectivity index (χ2n) is 6.79. The van der Waals surface area contributed by atoms with Crippen LogP contribution in [0.2, 0.25) is 0 Å². The van der Waals surface area contributed by atoms with Crippen molar-refractivity contribution in [2.24, 2.45) is 0 Å². The summed E-state index contributed by atoms with van der Waals surface area (Å²) in [5, 5.41) is 0.398. The Morgan fingerprint density at radius 1 is 1.03 bits per heavy atom. The molecular weight excluding hydrogens is 425 g/mol. The first-order valence-electron chi connectivity index (χ1n) is 9.33. The predicted molar refractivity (Wildman–Crippen MR) is 115 cm³/mol. The van der Waals surface area contributed by atoms with Crippen LogP contribution in [0.5, 0.6) is 5.75 Å². The molecule has 0 aliphatic heterocycles. The number of rotatable bonds is 5. The molecule has 0 radical (unpaired) electrons. The number of hydrogen-bond donors (Lipinski definition) is 0. The minimum absolute atomic E-state index is 0.0532. The van der Waals surface area contributed by atoms with Gasteiger partial charge in [0.15, 0.2) is 5.13 Å². The molecule has 0 N–H and O–H groups in total. The number of benzene rings is 3. The summed E-state index contributed by atoms with van der Waals surface area (Å²) in [5.74, 6) is 0.0733. The van der Waals surface area contributed by atoms with Gasteiger partial charge in [-0.2, -0.15) is 13.2 Å². The fraction of sp³-hybridized carbons (Fsp3) is 0.130. The van der Waals surface area contributed by atoms with E-state index in [0.29, 0.717) is 16.4 Å². The third-order valence-corrected chi connectivity index (χ3v) is 5.74. The Morgan fingerprint density at radius 2 is 1.81 bits per heavy atom. The third kappa shape index (κ3) is 4.54. The number of thiazole rings is 1. The average Bonchev–Trinajstić information content (AvgIpc) is 3.20. The highest BCUT2D eigenvalue weighted by Gasteiger charge is 2.32. The van der Waals surface area contributed by atoms with Crippen molar-refractivity contribution in [1.82, 2.24) is 4.98 Å². The maximum absolute atomic E-state index is 13.3. The van der Waals surface area contributed by atoms with Crippen molar-refractivity contribution in [2.45, 2.75) is 12.7 Å². The lowest BCUT2D eigenvalue weighted by Gasteiger charge is -2.20. The van der Waals surface area contributed by atoms with Crippen LogP contribution in [0.4, 0.5) is 18.3 Å². The smallest absolute Gasteiger partial charge is 0.416 e. The van der Waals surface area contributed by atoms with E-state index in [1.807, 2.05) is 36.4 Å². The van der Waals surface area contributed by atoms with Crippen LogP contribution in [0, 0.1) is 0 Å². The first-order valence-corrected chi connectivity index (χ1v) is 10.1. The number of anilines is 1. The highest BCUT2D eigenvalue weighted by molar-refractivity contribution is 7.22. The Labute approximate surface area is 180 Å². The Morgan fingerprint density at radius 3 is 2.52 bits per heavy atom. The fourth-order valence-corrected chi connectivity index (χ4v) is 4.06. The molecule has 0 bridgehead atoms. The second kappa shape index (κ2) is 8.39. The molecule has 1 heterocycles. The third-order valence-electron chi connectivity index (χ3n) is 4.68. The van der Waals surface area contributed by atoms with Gasteiger partial charge in [-0.1, -0.05) is 47.7 Å². The summed E-state index contributed by atoms with van der Waals surface area (Å²) in [6.45, 7) is 0.173. The molecule has 31 heavy (non-hydrogen) atoms. The molecule has 1 amide bonds. The lowest BCUT2D eigenvalue weighted by Crippen LogP contribution is -2.30. The van der Waals surface area contributed by atoms with Crippen molar-refractivity contribution in [3.8, 4) is 5.75 Å². The van der Waals surface area contributed by atoms with Gasteiger partial charge in [0.05, 0.1) is 29.4 Å². The summed E-state index contributed by atoms with van der Waals surface area (Å²) in [7, 11) is 1.55. The number of ether oxygens (including phenoxy) is 1. The van der Waals surface area contributed by atoms with Crippen LogP contribution in [0.15, 0.2) is 72.8 Å². The fourth-order valence-electron chi connectivity index (χ4n) is 3.11. The molecular formula is C23H17F3N2O2S. The number of methoxy groups -OCH3 is 1. The molecule has 0 atom stereocenters. The average molecular weight is 442 g/mol. The number of carbonyl (C=O) groups excluding carboxylic acids is 1. The normalized spacial score (nSPS) is 11.5. The van der Waals surface area contributed by atoms with Gasteiger partial charge in [-0.15, -0.1) is 0 Å². The number of hydrogen-bond acceptors (Lipinski definition) is 4. The Bertz CT molecular complexity index is 1220. The number of amides is 1. The number of carbonyl (C=O) groups is 1. The van der Waals surface area contributed by atoms with Crippen molar-refractivity contribution in [1.29, 1.82) is 0 Å². The Hall–Kier alpha value is -3.39. The lowest BCUT2D eigenvalue weighted by molar-refractivity contribution is -0.137. The summed E-state index contributed by atoms with van der Waals surface area (Å²) in [4.78, 5) is 19.3. The molecule has 0 spiro atoms. The van der Waals surface area contributed by atoms with Crippen LogP contribution >= 0.6 is 11.3 Å². The predicted octanol–water partition coefficient (Wildman–Crippen LogP) is 6.17. The molecule has 4 nitrogen and oxygen atoms in total. The number of nitrogens with zero attached hydrogens (tertiary/aromatic N) is 2. The summed E-state index contributed by atoms with van der Waals surface area (Å²) >= 11 is 1.29. The monoisotopic (exact) mass is 442 g/mol. The molecule has 4 aromatic rings. The number of fused-ring (bicyclic) bond motifs is 1. The summed E-state index contributed by atoms with van der Waals surface area (Å²) in [6.07, 6.45) is -4.53. The zero-order chi connectivity index (χ0) is 22.0. The van der Waals surface area contributed by atoms with E-state index >= 15 is 0 Å². The maximum atomic E-state index is 13.3. The first-order chi connectivity index (χ1) is 14.8. The molecule has 3 aromatic carbocycles. The molecule has 0 saturated carbocycles. The zero-order valence-corrected chi connectivity index (χ0v) is 17.2. The van der Waals surface area contributed by atoms with Gasteiger partial charge in [0.2, 0.25) is 0 Å². The number of halogens is 3. The van der Waals surface area contributed by atoms with E-state index in [9.17, 15) is 18.0 Å². The van der Waals surface area contributed by atoms with Gasteiger partial charge in [-0.3, -0.25) is 9.69 Å². The number of alkyl halides is 3. The largest absolute Gasteiger partial charge is 0.497 e.